The van der Waals surface area contributed by atoms with Crippen LogP contribution >= 0.6 is 0 Å². The molecule has 2 aromatic rings. The third kappa shape index (κ3) is 4.95. The van der Waals surface area contributed by atoms with E-state index in [9.17, 15) is 18.0 Å². The van der Waals surface area contributed by atoms with Crippen molar-refractivity contribution in [2.75, 3.05) is 18.4 Å². The second-order valence-electron chi connectivity index (χ2n) is 7.15. The molecule has 1 saturated heterocycles. The fourth-order valence-electron chi connectivity index (χ4n) is 3.39. The Hall–Kier alpha value is -2.98. The highest BCUT2D eigenvalue weighted by Gasteiger charge is 2.32. The van der Waals surface area contributed by atoms with E-state index in [0.29, 0.717) is 36.4 Å². The monoisotopic (exact) mass is 432 g/mol. The first kappa shape index (κ1) is 21.7. The van der Waals surface area contributed by atoms with Crippen molar-refractivity contribution in [1.29, 1.82) is 0 Å². The van der Waals surface area contributed by atoms with Crippen LogP contribution in [0.25, 0.3) is 0 Å². The SMILES string of the molecule is CC(=O)Nc1ccc(S(=O)(=O)N2CCCC(Oc3ccnc(C(N)=O)c3)C2)c(C)c1. The van der Waals surface area contributed by atoms with Crippen LogP contribution in [0.15, 0.2) is 41.4 Å². The van der Waals surface area contributed by atoms with Crippen molar-refractivity contribution in [3.05, 3.63) is 47.8 Å². The third-order valence-electron chi connectivity index (χ3n) is 4.74. The highest BCUT2D eigenvalue weighted by atomic mass is 32.2. The number of amides is 2. The summed E-state index contributed by atoms with van der Waals surface area (Å²) in [5.74, 6) is -0.470. The molecule has 0 bridgehead atoms. The molecule has 1 aromatic carbocycles. The Morgan fingerprint density at radius 1 is 1.27 bits per heavy atom. The van der Waals surface area contributed by atoms with E-state index in [4.69, 9.17) is 10.5 Å². The number of primary amides is 1. The minimum Gasteiger partial charge on any atom is -0.489 e. The molecule has 1 fully saturated rings. The Labute approximate surface area is 175 Å². The van der Waals surface area contributed by atoms with Crippen LogP contribution in [0, 0.1) is 6.92 Å². The lowest BCUT2D eigenvalue weighted by molar-refractivity contribution is -0.114. The molecule has 9 nitrogen and oxygen atoms in total. The molecule has 0 aliphatic carbocycles. The summed E-state index contributed by atoms with van der Waals surface area (Å²) in [4.78, 5) is 26.6. The number of nitrogens with zero attached hydrogens (tertiary/aromatic N) is 2. The first-order chi connectivity index (χ1) is 14.2. The first-order valence-electron chi connectivity index (χ1n) is 9.47. The van der Waals surface area contributed by atoms with Crippen molar-refractivity contribution < 1.29 is 22.7 Å². The fraction of sp³-hybridized carbons (Fsp3) is 0.350. The van der Waals surface area contributed by atoms with E-state index in [1.807, 2.05) is 0 Å². The molecule has 1 aliphatic heterocycles. The van der Waals surface area contributed by atoms with Gasteiger partial charge < -0.3 is 15.8 Å². The van der Waals surface area contributed by atoms with Gasteiger partial charge in [-0.15, -0.1) is 0 Å². The van der Waals surface area contributed by atoms with E-state index in [0.717, 1.165) is 0 Å². The van der Waals surface area contributed by atoms with Gasteiger partial charge in [-0.1, -0.05) is 0 Å². The topological polar surface area (TPSA) is 132 Å². The van der Waals surface area contributed by atoms with Gasteiger partial charge in [0.2, 0.25) is 15.9 Å². The largest absolute Gasteiger partial charge is 0.489 e. The van der Waals surface area contributed by atoms with Crippen LogP contribution in [0.4, 0.5) is 5.69 Å². The van der Waals surface area contributed by atoms with Crippen molar-refractivity contribution >= 4 is 27.5 Å². The summed E-state index contributed by atoms with van der Waals surface area (Å²) in [6.45, 7) is 3.66. The molecule has 1 aromatic heterocycles. The number of nitrogens with one attached hydrogen (secondary N) is 1. The number of pyridine rings is 1. The highest BCUT2D eigenvalue weighted by molar-refractivity contribution is 7.89. The van der Waals surface area contributed by atoms with E-state index in [2.05, 4.69) is 10.3 Å². The number of hydrogen-bond donors (Lipinski definition) is 2. The number of ether oxygens (including phenoxy) is 1. The van der Waals surface area contributed by atoms with E-state index >= 15 is 0 Å². The molecule has 2 heterocycles. The van der Waals surface area contributed by atoms with Crippen molar-refractivity contribution in [1.82, 2.24) is 9.29 Å². The molecule has 1 aliphatic rings. The van der Waals surface area contributed by atoms with Gasteiger partial charge >= 0.3 is 0 Å². The number of anilines is 1. The summed E-state index contributed by atoms with van der Waals surface area (Å²) < 4.78 is 33.7. The van der Waals surface area contributed by atoms with E-state index < -0.39 is 15.9 Å². The zero-order valence-corrected chi connectivity index (χ0v) is 17.6. The number of carbonyl (C=O) groups is 2. The molecule has 0 saturated carbocycles. The van der Waals surface area contributed by atoms with Crippen molar-refractivity contribution in [3.63, 3.8) is 0 Å². The van der Waals surface area contributed by atoms with Gasteiger partial charge in [-0.3, -0.25) is 14.6 Å². The number of aryl methyl sites for hydroxylation is 1. The molecule has 3 N–H and O–H groups in total. The van der Waals surface area contributed by atoms with Gasteiger partial charge in [0.1, 0.15) is 17.5 Å². The van der Waals surface area contributed by atoms with E-state index in [1.54, 1.807) is 25.1 Å². The average molecular weight is 433 g/mol. The third-order valence-corrected chi connectivity index (χ3v) is 6.77. The molecular formula is C20H24N4O5S. The minimum atomic E-state index is -3.73. The van der Waals surface area contributed by atoms with Gasteiger partial charge in [0.15, 0.2) is 0 Å². The van der Waals surface area contributed by atoms with E-state index in [1.165, 1.54) is 29.6 Å². The maximum atomic E-state index is 13.2. The Morgan fingerprint density at radius 2 is 2.03 bits per heavy atom. The lowest BCUT2D eigenvalue weighted by atomic mass is 10.1. The number of hydrogen-bond acceptors (Lipinski definition) is 6. The Kier molecular flexibility index (Phi) is 6.37. The Morgan fingerprint density at radius 3 is 2.70 bits per heavy atom. The van der Waals surface area contributed by atoms with Crippen LogP contribution in [0.3, 0.4) is 0 Å². The van der Waals surface area contributed by atoms with Crippen molar-refractivity contribution in [3.8, 4) is 5.75 Å². The van der Waals surface area contributed by atoms with Crippen LogP contribution in [0.2, 0.25) is 0 Å². The summed E-state index contributed by atoms with van der Waals surface area (Å²) in [5.41, 5.74) is 6.42. The number of aromatic nitrogens is 1. The van der Waals surface area contributed by atoms with Crippen molar-refractivity contribution in [2.45, 2.75) is 37.7 Å². The molecule has 1 unspecified atom stereocenters. The van der Waals surface area contributed by atoms with Crippen molar-refractivity contribution in [2.24, 2.45) is 5.73 Å². The van der Waals surface area contributed by atoms with Gasteiger partial charge in [0.25, 0.3) is 5.91 Å². The summed E-state index contributed by atoms with van der Waals surface area (Å²) >= 11 is 0. The Bertz CT molecular complexity index is 1070. The number of benzene rings is 1. The zero-order chi connectivity index (χ0) is 21.9. The maximum Gasteiger partial charge on any atom is 0.267 e. The summed E-state index contributed by atoms with van der Waals surface area (Å²) in [7, 11) is -3.73. The maximum absolute atomic E-state index is 13.2. The second kappa shape index (κ2) is 8.80. The highest BCUT2D eigenvalue weighted by Crippen LogP contribution is 2.27. The number of piperidine rings is 1. The number of sulfonamides is 1. The van der Waals surface area contributed by atoms with E-state index in [-0.39, 0.29) is 29.1 Å². The fourth-order valence-corrected chi connectivity index (χ4v) is 5.11. The predicted molar refractivity (Wildman–Crippen MR) is 111 cm³/mol. The summed E-state index contributed by atoms with van der Waals surface area (Å²) in [6, 6.07) is 7.75. The average Bonchev–Trinajstić information content (AvgIpc) is 2.68. The molecule has 3 rings (SSSR count). The molecule has 1 atom stereocenters. The lowest BCUT2D eigenvalue weighted by Gasteiger charge is -2.32. The first-order valence-corrected chi connectivity index (χ1v) is 10.9. The summed E-state index contributed by atoms with van der Waals surface area (Å²) in [6.07, 6.45) is 2.38. The number of nitrogens with two attached hydrogens (primary N) is 1. The van der Waals surface area contributed by atoms with Crippen LogP contribution in [-0.2, 0) is 14.8 Å². The molecule has 0 spiro atoms. The minimum absolute atomic E-state index is 0.0858. The normalized spacial score (nSPS) is 17.3. The number of rotatable bonds is 6. The standard InChI is InChI=1S/C20H24N4O5S/c1-13-10-15(23-14(2)25)5-6-19(13)30(27,28)24-9-3-4-17(12-24)29-16-7-8-22-18(11-16)20(21)26/h5-8,10-11,17H,3-4,9,12H2,1-2H3,(H2,21,26)(H,23,25). The quantitative estimate of drug-likeness (QED) is 0.714. The van der Waals surface area contributed by atoms with Crippen LogP contribution < -0.4 is 15.8 Å². The smallest absolute Gasteiger partial charge is 0.267 e. The molecule has 2 amide bonds. The van der Waals surface area contributed by atoms with Gasteiger partial charge in [0, 0.05) is 31.4 Å². The second-order valence-corrected chi connectivity index (χ2v) is 9.05. The molecule has 0 radical (unpaired) electrons. The molecule has 160 valence electrons. The van der Waals surface area contributed by atoms with Crippen LogP contribution in [0.5, 0.6) is 5.75 Å². The summed E-state index contributed by atoms with van der Waals surface area (Å²) in [5, 5.41) is 2.65. The molecule has 30 heavy (non-hydrogen) atoms. The van der Waals surface area contributed by atoms with Gasteiger partial charge in [-0.2, -0.15) is 4.31 Å². The zero-order valence-electron chi connectivity index (χ0n) is 16.8. The molecule has 10 heteroatoms. The predicted octanol–water partition coefficient (Wildman–Crippen LogP) is 1.68. The van der Waals surface area contributed by atoms with Gasteiger partial charge in [0.05, 0.1) is 11.4 Å². The lowest BCUT2D eigenvalue weighted by Crippen LogP contribution is -2.44. The van der Waals surface area contributed by atoms with Gasteiger partial charge in [-0.25, -0.2) is 8.42 Å². The van der Waals surface area contributed by atoms with Crippen LogP contribution in [-0.4, -0.2) is 48.7 Å². The Balaban J connectivity index is 1.76. The van der Waals surface area contributed by atoms with Crippen LogP contribution in [0.1, 0.15) is 35.8 Å². The number of carbonyl (C=O) groups excluding carboxylic acids is 2. The van der Waals surface area contributed by atoms with Gasteiger partial charge in [-0.05, 0) is 49.6 Å². The molecular weight excluding hydrogens is 408 g/mol.